The Kier molecular flexibility index (Phi) is 5.55. The van der Waals surface area contributed by atoms with Gasteiger partial charge in [0.1, 0.15) is 30.5 Å². The highest BCUT2D eigenvalue weighted by Gasteiger charge is 2.53. The van der Waals surface area contributed by atoms with Crippen molar-refractivity contribution in [1.82, 2.24) is 4.48 Å². The van der Waals surface area contributed by atoms with Crippen molar-refractivity contribution in [2.24, 2.45) is 0 Å². The number of ether oxygens (including phenoxy) is 3. The van der Waals surface area contributed by atoms with Gasteiger partial charge in [0.15, 0.2) is 23.0 Å². The third-order valence-corrected chi connectivity index (χ3v) is 6.57. The summed E-state index contributed by atoms with van der Waals surface area (Å²) in [5, 5.41) is 11.1. The minimum Gasteiger partial charge on any atom is -0.490 e. The number of fused-ring (bicyclic) bond motifs is 2. The van der Waals surface area contributed by atoms with Gasteiger partial charge in [-0.05, 0) is 30.7 Å². The van der Waals surface area contributed by atoms with Gasteiger partial charge in [0.05, 0.1) is 24.9 Å². The first-order valence-electron chi connectivity index (χ1n) is 11.2. The Morgan fingerprint density at radius 3 is 2.70 bits per heavy atom. The highest BCUT2D eigenvalue weighted by molar-refractivity contribution is 5.87. The lowest BCUT2D eigenvalue weighted by atomic mass is 9.97. The maximum Gasteiger partial charge on any atom is 0.519 e. The van der Waals surface area contributed by atoms with Crippen LogP contribution in [0.25, 0.3) is 11.0 Å². The normalized spacial score (nSPS) is 24.9. The number of carbonyl (C=O) groups is 1. The number of hydrogen-bond acceptors (Lipinski definition) is 6. The Morgan fingerprint density at radius 2 is 1.91 bits per heavy atom. The molecule has 1 N–H and O–H groups in total. The van der Waals surface area contributed by atoms with E-state index < -0.39 is 12.1 Å². The van der Waals surface area contributed by atoms with Crippen molar-refractivity contribution in [2.45, 2.75) is 31.9 Å². The second-order valence-corrected chi connectivity index (χ2v) is 8.44. The van der Waals surface area contributed by atoms with Gasteiger partial charge in [-0.15, -0.1) is 0 Å². The first-order chi connectivity index (χ1) is 16.0. The van der Waals surface area contributed by atoms with Crippen molar-refractivity contribution in [3.8, 4) is 11.5 Å². The summed E-state index contributed by atoms with van der Waals surface area (Å²) in [6.45, 7) is 3.57. The molecule has 2 aliphatic rings. The first-order valence-corrected chi connectivity index (χ1v) is 11.2. The Bertz CT molecular complexity index is 1250. The van der Waals surface area contributed by atoms with Crippen molar-refractivity contribution in [3.63, 3.8) is 0 Å². The zero-order chi connectivity index (χ0) is 23.0. The van der Waals surface area contributed by atoms with Crippen LogP contribution >= 0.6 is 0 Å². The van der Waals surface area contributed by atoms with E-state index in [9.17, 15) is 14.7 Å². The molecule has 1 amide bonds. The van der Waals surface area contributed by atoms with E-state index >= 15 is 0 Å². The van der Waals surface area contributed by atoms with E-state index in [-0.39, 0.29) is 29.2 Å². The lowest BCUT2D eigenvalue weighted by Gasteiger charge is -2.45. The molecule has 8 nitrogen and oxygen atoms in total. The number of morpholine rings is 1. The molecule has 0 saturated carbocycles. The number of nitrogens with zero attached hydrogens (tertiary/aromatic N) is 1. The fraction of sp³-hybridized carbons (Fsp3) is 0.360. The average molecular weight is 452 g/mol. The fourth-order valence-corrected chi connectivity index (χ4v) is 4.77. The summed E-state index contributed by atoms with van der Waals surface area (Å²) >= 11 is 0. The van der Waals surface area contributed by atoms with Crippen LogP contribution in [0.4, 0.5) is 10.5 Å². The molecule has 8 heteroatoms. The van der Waals surface area contributed by atoms with Gasteiger partial charge in [-0.3, -0.25) is 4.79 Å². The smallest absolute Gasteiger partial charge is 0.490 e. The summed E-state index contributed by atoms with van der Waals surface area (Å²) in [7, 11) is 0. The molecule has 33 heavy (non-hydrogen) atoms. The van der Waals surface area contributed by atoms with Crippen molar-refractivity contribution >= 4 is 22.7 Å². The van der Waals surface area contributed by atoms with E-state index in [1.54, 1.807) is 18.2 Å². The van der Waals surface area contributed by atoms with Gasteiger partial charge in [-0.1, -0.05) is 6.92 Å². The van der Waals surface area contributed by atoms with Crippen LogP contribution in [-0.2, 0) is 4.74 Å². The molecule has 3 heterocycles. The van der Waals surface area contributed by atoms with Crippen molar-refractivity contribution in [2.75, 3.05) is 26.4 Å². The molecule has 2 aliphatic heterocycles. The molecule has 1 aromatic heterocycles. The van der Waals surface area contributed by atoms with Gasteiger partial charge >= 0.3 is 6.09 Å². The average Bonchev–Trinajstić information content (AvgIpc) is 3.08. The predicted molar refractivity (Wildman–Crippen MR) is 122 cm³/mol. The molecule has 1 saturated heterocycles. The third-order valence-electron chi connectivity index (χ3n) is 6.57. The van der Waals surface area contributed by atoms with Crippen molar-refractivity contribution in [1.29, 1.82) is 0 Å². The molecule has 3 aromatic rings. The SMILES string of the molecule is CCC1C[N+](C(=O)O)(c2ccc3c(=O)ccoc3c2)C(c2ccc3c(c2)OCCCO3)CO1. The van der Waals surface area contributed by atoms with E-state index in [1.165, 1.54) is 12.3 Å². The van der Waals surface area contributed by atoms with Crippen LogP contribution in [-0.4, -0.2) is 43.7 Å². The molecule has 0 spiro atoms. The molecule has 172 valence electrons. The van der Waals surface area contributed by atoms with Crippen LogP contribution in [0.15, 0.2) is 57.9 Å². The zero-order valence-corrected chi connectivity index (χ0v) is 18.4. The van der Waals surface area contributed by atoms with Crippen LogP contribution in [0, 0.1) is 0 Å². The van der Waals surface area contributed by atoms with E-state index in [0.717, 1.165) is 12.0 Å². The van der Waals surface area contributed by atoms with E-state index in [4.69, 9.17) is 18.6 Å². The second kappa shape index (κ2) is 8.53. The predicted octanol–water partition coefficient (Wildman–Crippen LogP) is 4.49. The molecule has 5 rings (SSSR count). The number of amides is 1. The summed E-state index contributed by atoms with van der Waals surface area (Å²) in [6.07, 6.45) is 1.58. The Labute approximate surface area is 190 Å². The molecule has 0 aliphatic carbocycles. The number of benzene rings is 2. The van der Waals surface area contributed by atoms with Gasteiger partial charge in [0.25, 0.3) is 0 Å². The lowest BCUT2D eigenvalue weighted by Crippen LogP contribution is -2.63. The molecule has 2 aromatic carbocycles. The summed E-state index contributed by atoms with van der Waals surface area (Å²) < 4.78 is 22.9. The van der Waals surface area contributed by atoms with Crippen LogP contribution < -0.4 is 19.4 Å². The zero-order valence-electron chi connectivity index (χ0n) is 18.4. The topological polar surface area (TPSA) is 95.2 Å². The summed E-state index contributed by atoms with van der Waals surface area (Å²) in [6, 6.07) is 11.4. The molecular weight excluding hydrogens is 426 g/mol. The number of quaternary nitrogens is 1. The van der Waals surface area contributed by atoms with Gasteiger partial charge in [-0.25, -0.2) is 0 Å². The monoisotopic (exact) mass is 452 g/mol. The van der Waals surface area contributed by atoms with Gasteiger partial charge in [0.2, 0.25) is 0 Å². The molecule has 3 atom stereocenters. The fourth-order valence-electron chi connectivity index (χ4n) is 4.77. The highest BCUT2D eigenvalue weighted by Crippen LogP contribution is 2.43. The molecule has 3 unspecified atom stereocenters. The van der Waals surface area contributed by atoms with Crippen molar-refractivity contribution in [3.05, 3.63) is 64.5 Å². The molecular formula is C25H26NO7+. The summed E-state index contributed by atoms with van der Waals surface area (Å²) in [4.78, 5) is 25.2. The Morgan fingerprint density at radius 1 is 1.09 bits per heavy atom. The van der Waals surface area contributed by atoms with E-state index in [1.807, 2.05) is 25.1 Å². The highest BCUT2D eigenvalue weighted by atomic mass is 16.5. The summed E-state index contributed by atoms with van der Waals surface area (Å²) in [5.41, 5.74) is 1.50. The third kappa shape index (κ3) is 3.65. The Balaban J connectivity index is 1.67. The molecule has 0 bridgehead atoms. The number of hydrogen-bond donors (Lipinski definition) is 1. The minimum atomic E-state index is -0.994. The standard InChI is InChI=1S/C25H25NO7/c1-2-18-14-26(25(28)29,17-5-6-19-21(27)8-11-32-23(19)13-17)20(15-33-18)16-4-7-22-24(12-16)31-10-3-9-30-22/h4-8,11-13,18,20H,2-3,9-10,14-15H2,1H3/p+1. The Hall–Kier alpha value is -3.36. The van der Waals surface area contributed by atoms with Gasteiger partial charge in [0, 0.05) is 30.2 Å². The first kappa shape index (κ1) is 21.5. The van der Waals surface area contributed by atoms with Crippen LogP contribution in [0.5, 0.6) is 11.5 Å². The summed E-state index contributed by atoms with van der Waals surface area (Å²) in [5.74, 6) is 1.26. The maximum atomic E-state index is 13.0. The maximum absolute atomic E-state index is 13.0. The minimum absolute atomic E-state index is 0.169. The van der Waals surface area contributed by atoms with Crippen LogP contribution in [0.2, 0.25) is 0 Å². The van der Waals surface area contributed by atoms with Gasteiger partial charge in [-0.2, -0.15) is 9.28 Å². The lowest BCUT2D eigenvalue weighted by molar-refractivity contribution is -0.0528. The largest absolute Gasteiger partial charge is 0.519 e. The van der Waals surface area contributed by atoms with Crippen LogP contribution in [0.3, 0.4) is 0 Å². The number of carboxylic acid groups (broad SMARTS) is 1. The van der Waals surface area contributed by atoms with E-state index in [2.05, 4.69) is 0 Å². The van der Waals surface area contributed by atoms with Gasteiger partial charge < -0.3 is 23.7 Å². The quantitative estimate of drug-likeness (QED) is 0.585. The second-order valence-electron chi connectivity index (χ2n) is 8.44. The van der Waals surface area contributed by atoms with Crippen LogP contribution in [0.1, 0.15) is 31.4 Å². The van der Waals surface area contributed by atoms with Crippen molar-refractivity contribution < 1.29 is 28.5 Å². The molecule has 1 fully saturated rings. The molecule has 0 radical (unpaired) electrons. The van der Waals surface area contributed by atoms with E-state index in [0.29, 0.717) is 47.8 Å². The number of rotatable bonds is 3.